The lowest BCUT2D eigenvalue weighted by atomic mass is 9.90. The Morgan fingerprint density at radius 1 is 1.50 bits per heavy atom. The molecule has 1 amide bonds. The van der Waals surface area contributed by atoms with Gasteiger partial charge in [0, 0.05) is 25.1 Å². The molecule has 2 fully saturated rings. The topological polar surface area (TPSA) is 73.6 Å². The average Bonchev–Trinajstić information content (AvgIpc) is 2.95. The highest BCUT2D eigenvalue weighted by atomic mass is 35.5. The van der Waals surface area contributed by atoms with Crippen molar-refractivity contribution in [2.24, 2.45) is 11.1 Å². The standard InChI is InChI=1S/C12H22N2O3.ClH/c1-12(4-5-16-8-12)7-14-11(15)10-3-2-9(6-13)17-10;/h9-10H,2-8,13H2,1H3,(H,14,15);1H/t9-,10+,12?;/m1./s1. The van der Waals surface area contributed by atoms with Crippen molar-refractivity contribution in [3.8, 4) is 0 Å². The second-order valence-electron chi connectivity index (χ2n) is 5.39. The molecule has 6 heteroatoms. The first-order valence-electron chi connectivity index (χ1n) is 6.34. The molecule has 1 unspecified atom stereocenters. The van der Waals surface area contributed by atoms with Gasteiger partial charge in [-0.25, -0.2) is 0 Å². The van der Waals surface area contributed by atoms with Crippen molar-refractivity contribution >= 4 is 18.3 Å². The zero-order valence-corrected chi connectivity index (χ0v) is 11.6. The Bertz CT molecular complexity index is 282. The van der Waals surface area contributed by atoms with Crippen LogP contribution in [0.3, 0.4) is 0 Å². The molecular formula is C12H23ClN2O3. The Morgan fingerprint density at radius 3 is 2.83 bits per heavy atom. The molecule has 0 bridgehead atoms. The smallest absolute Gasteiger partial charge is 0.249 e. The van der Waals surface area contributed by atoms with E-state index in [1.54, 1.807) is 0 Å². The predicted octanol–water partition coefficient (Wildman–Crippen LogP) is 0.457. The molecule has 2 aliphatic rings. The van der Waals surface area contributed by atoms with E-state index in [9.17, 15) is 4.79 Å². The summed E-state index contributed by atoms with van der Waals surface area (Å²) in [5.41, 5.74) is 5.60. The van der Waals surface area contributed by atoms with Crippen LogP contribution in [-0.2, 0) is 14.3 Å². The minimum atomic E-state index is -0.311. The van der Waals surface area contributed by atoms with Crippen molar-refractivity contribution in [2.45, 2.75) is 38.4 Å². The lowest BCUT2D eigenvalue weighted by Gasteiger charge is -2.23. The first kappa shape index (κ1) is 15.7. The van der Waals surface area contributed by atoms with Crippen molar-refractivity contribution in [3.63, 3.8) is 0 Å². The molecule has 3 atom stereocenters. The third-order valence-corrected chi connectivity index (χ3v) is 3.65. The molecular weight excluding hydrogens is 256 g/mol. The lowest BCUT2D eigenvalue weighted by Crippen LogP contribution is -2.41. The number of amides is 1. The van der Waals surface area contributed by atoms with Gasteiger partial charge in [0.25, 0.3) is 0 Å². The summed E-state index contributed by atoms with van der Waals surface area (Å²) in [7, 11) is 0. The largest absolute Gasteiger partial charge is 0.381 e. The molecule has 0 saturated carbocycles. The molecule has 0 spiro atoms. The fourth-order valence-electron chi connectivity index (χ4n) is 2.34. The maximum Gasteiger partial charge on any atom is 0.249 e. The summed E-state index contributed by atoms with van der Waals surface area (Å²) in [5, 5.41) is 2.97. The third kappa shape index (κ3) is 3.82. The van der Waals surface area contributed by atoms with Gasteiger partial charge in [0.2, 0.25) is 5.91 Å². The molecule has 5 nitrogen and oxygen atoms in total. The van der Waals surface area contributed by atoms with Gasteiger partial charge in [0.15, 0.2) is 0 Å². The van der Waals surface area contributed by atoms with Crippen molar-refractivity contribution in [2.75, 3.05) is 26.3 Å². The molecule has 0 aromatic carbocycles. The molecule has 2 heterocycles. The van der Waals surface area contributed by atoms with Crippen molar-refractivity contribution in [1.82, 2.24) is 5.32 Å². The number of hydrogen-bond acceptors (Lipinski definition) is 4. The minimum absolute atomic E-state index is 0. The van der Waals surface area contributed by atoms with Crippen LogP contribution in [0.4, 0.5) is 0 Å². The van der Waals surface area contributed by atoms with Crippen LogP contribution in [0.15, 0.2) is 0 Å². The predicted molar refractivity (Wildman–Crippen MR) is 70.8 cm³/mol. The van der Waals surface area contributed by atoms with Crippen LogP contribution >= 0.6 is 12.4 Å². The Hall–Kier alpha value is -0.360. The number of nitrogens with two attached hydrogens (primary N) is 1. The van der Waals surface area contributed by atoms with Gasteiger partial charge in [-0.05, 0) is 19.3 Å². The summed E-state index contributed by atoms with van der Waals surface area (Å²) in [5.74, 6) is -0.00549. The van der Waals surface area contributed by atoms with Crippen LogP contribution in [0.5, 0.6) is 0 Å². The van der Waals surface area contributed by atoms with Crippen LogP contribution in [0.2, 0.25) is 0 Å². The van der Waals surface area contributed by atoms with Crippen LogP contribution in [0, 0.1) is 5.41 Å². The van der Waals surface area contributed by atoms with E-state index in [0.29, 0.717) is 13.1 Å². The summed E-state index contributed by atoms with van der Waals surface area (Å²) in [6.45, 7) is 4.82. The maximum absolute atomic E-state index is 11.9. The van der Waals surface area contributed by atoms with Gasteiger partial charge in [-0.15, -0.1) is 12.4 Å². The van der Waals surface area contributed by atoms with E-state index < -0.39 is 0 Å². The van der Waals surface area contributed by atoms with Gasteiger partial charge in [0.1, 0.15) is 6.10 Å². The van der Waals surface area contributed by atoms with E-state index in [1.165, 1.54) is 0 Å². The monoisotopic (exact) mass is 278 g/mol. The minimum Gasteiger partial charge on any atom is -0.381 e. The van der Waals surface area contributed by atoms with Gasteiger partial charge < -0.3 is 20.5 Å². The molecule has 2 saturated heterocycles. The summed E-state index contributed by atoms with van der Waals surface area (Å²) in [6.07, 6.45) is 2.41. The molecule has 106 valence electrons. The normalized spacial score (nSPS) is 35.2. The van der Waals surface area contributed by atoms with E-state index in [2.05, 4.69) is 12.2 Å². The number of rotatable bonds is 4. The van der Waals surface area contributed by atoms with Crippen LogP contribution < -0.4 is 11.1 Å². The van der Waals surface area contributed by atoms with Crippen LogP contribution in [0.1, 0.15) is 26.2 Å². The Labute approximate surface area is 114 Å². The number of carbonyl (C=O) groups excluding carboxylic acids is 1. The van der Waals surface area contributed by atoms with Crippen LogP contribution in [-0.4, -0.2) is 44.4 Å². The molecule has 0 aromatic rings. The second-order valence-corrected chi connectivity index (χ2v) is 5.39. The summed E-state index contributed by atoms with van der Waals surface area (Å²) < 4.78 is 10.9. The van der Waals surface area contributed by atoms with Gasteiger partial charge in [0.05, 0.1) is 12.7 Å². The number of carbonyl (C=O) groups is 1. The quantitative estimate of drug-likeness (QED) is 0.783. The maximum atomic E-state index is 11.9. The molecule has 0 radical (unpaired) electrons. The lowest BCUT2D eigenvalue weighted by molar-refractivity contribution is -0.132. The van der Waals surface area contributed by atoms with E-state index in [4.69, 9.17) is 15.2 Å². The first-order valence-corrected chi connectivity index (χ1v) is 6.34. The number of halogens is 1. The molecule has 18 heavy (non-hydrogen) atoms. The SMILES string of the molecule is CC1(CNC(=O)[C@@H]2CC[C@H](CN)O2)CCOC1.Cl. The van der Waals surface area contributed by atoms with Crippen molar-refractivity contribution in [1.29, 1.82) is 0 Å². The summed E-state index contributed by atoms with van der Waals surface area (Å²) >= 11 is 0. The Morgan fingerprint density at radius 2 is 2.28 bits per heavy atom. The average molecular weight is 279 g/mol. The third-order valence-electron chi connectivity index (χ3n) is 3.65. The van der Waals surface area contributed by atoms with Crippen molar-refractivity contribution < 1.29 is 14.3 Å². The Kier molecular flexibility index (Phi) is 5.85. The van der Waals surface area contributed by atoms with E-state index in [-0.39, 0.29) is 35.9 Å². The second kappa shape index (κ2) is 6.70. The molecule has 3 N–H and O–H groups in total. The summed E-state index contributed by atoms with van der Waals surface area (Å²) in [6, 6.07) is 0. The first-order chi connectivity index (χ1) is 8.13. The number of hydrogen-bond donors (Lipinski definition) is 2. The van der Waals surface area contributed by atoms with Gasteiger partial charge >= 0.3 is 0 Å². The molecule has 0 aromatic heterocycles. The van der Waals surface area contributed by atoms with Gasteiger partial charge in [-0.1, -0.05) is 6.92 Å². The van der Waals surface area contributed by atoms with E-state index in [0.717, 1.165) is 32.5 Å². The molecule has 0 aliphatic carbocycles. The highest BCUT2D eigenvalue weighted by Crippen LogP contribution is 2.27. The fraction of sp³-hybridized carbons (Fsp3) is 0.917. The van der Waals surface area contributed by atoms with Gasteiger partial charge in [-0.3, -0.25) is 4.79 Å². The highest BCUT2D eigenvalue weighted by molar-refractivity contribution is 5.85. The summed E-state index contributed by atoms with van der Waals surface area (Å²) in [4.78, 5) is 11.9. The zero-order valence-electron chi connectivity index (χ0n) is 10.8. The van der Waals surface area contributed by atoms with Crippen molar-refractivity contribution in [3.05, 3.63) is 0 Å². The van der Waals surface area contributed by atoms with Crippen LogP contribution in [0.25, 0.3) is 0 Å². The number of ether oxygens (including phenoxy) is 2. The Balaban J connectivity index is 0.00000162. The fourth-order valence-corrected chi connectivity index (χ4v) is 2.34. The molecule has 2 rings (SSSR count). The molecule has 2 aliphatic heterocycles. The number of nitrogens with one attached hydrogen (secondary N) is 1. The van der Waals surface area contributed by atoms with E-state index in [1.807, 2.05) is 0 Å². The van der Waals surface area contributed by atoms with Gasteiger partial charge in [-0.2, -0.15) is 0 Å². The zero-order chi connectivity index (χ0) is 12.3. The van der Waals surface area contributed by atoms with E-state index >= 15 is 0 Å². The highest BCUT2D eigenvalue weighted by Gasteiger charge is 2.33.